The van der Waals surface area contributed by atoms with Crippen molar-refractivity contribution in [2.45, 2.75) is 6.42 Å². The molecule has 2 rings (SSSR count). The van der Waals surface area contributed by atoms with Crippen LogP contribution < -0.4 is 5.32 Å². The number of anilines is 1. The van der Waals surface area contributed by atoms with E-state index in [1.807, 2.05) is 12.1 Å². The van der Waals surface area contributed by atoms with Gasteiger partial charge in [0.1, 0.15) is 0 Å². The Hall–Kier alpha value is -2.50. The third-order valence-electron chi connectivity index (χ3n) is 2.27. The lowest BCUT2D eigenvalue weighted by atomic mass is 10.2. The summed E-state index contributed by atoms with van der Waals surface area (Å²) in [5.74, 6) is -0.432. The standard InChI is InChI=1S/C12H12N4O2/c17-11(18)3-5-14-12-15-7-10(8-16-12)9-2-1-4-13-6-9/h1-2,4,6-8H,3,5H2,(H,17,18)(H,14,15,16). The minimum Gasteiger partial charge on any atom is -0.481 e. The van der Waals surface area contributed by atoms with Gasteiger partial charge in [-0.2, -0.15) is 0 Å². The first-order valence-corrected chi connectivity index (χ1v) is 5.44. The molecule has 0 bridgehead atoms. The van der Waals surface area contributed by atoms with E-state index in [1.54, 1.807) is 24.8 Å². The van der Waals surface area contributed by atoms with Crippen LogP contribution >= 0.6 is 0 Å². The number of hydrogen-bond acceptors (Lipinski definition) is 5. The van der Waals surface area contributed by atoms with Crippen LogP contribution in [0.2, 0.25) is 0 Å². The topological polar surface area (TPSA) is 88.0 Å². The summed E-state index contributed by atoms with van der Waals surface area (Å²) in [5.41, 5.74) is 1.81. The van der Waals surface area contributed by atoms with Gasteiger partial charge in [0.25, 0.3) is 0 Å². The summed E-state index contributed by atoms with van der Waals surface area (Å²) in [6, 6.07) is 3.76. The van der Waals surface area contributed by atoms with E-state index in [0.29, 0.717) is 12.5 Å². The molecule has 0 spiro atoms. The lowest BCUT2D eigenvalue weighted by Crippen LogP contribution is -2.09. The summed E-state index contributed by atoms with van der Waals surface area (Å²) in [6.07, 6.45) is 6.82. The molecule has 2 N–H and O–H groups in total. The van der Waals surface area contributed by atoms with Gasteiger partial charge in [-0.05, 0) is 6.07 Å². The number of hydrogen-bond donors (Lipinski definition) is 2. The predicted octanol–water partition coefficient (Wildman–Crippen LogP) is 1.43. The number of pyridine rings is 1. The van der Waals surface area contributed by atoms with E-state index in [1.165, 1.54) is 0 Å². The van der Waals surface area contributed by atoms with Gasteiger partial charge in [0.2, 0.25) is 5.95 Å². The summed E-state index contributed by atoms with van der Waals surface area (Å²) in [4.78, 5) is 22.6. The van der Waals surface area contributed by atoms with E-state index in [-0.39, 0.29) is 6.42 Å². The molecular weight excluding hydrogens is 232 g/mol. The summed E-state index contributed by atoms with van der Waals surface area (Å²) >= 11 is 0. The van der Waals surface area contributed by atoms with Crippen LogP contribution in [-0.2, 0) is 4.79 Å². The summed E-state index contributed by atoms with van der Waals surface area (Å²) in [6.45, 7) is 0.307. The minimum atomic E-state index is -0.852. The predicted molar refractivity (Wildman–Crippen MR) is 66.0 cm³/mol. The number of carboxylic acid groups (broad SMARTS) is 1. The van der Waals surface area contributed by atoms with E-state index in [9.17, 15) is 4.79 Å². The molecular formula is C12H12N4O2. The highest BCUT2D eigenvalue weighted by Gasteiger charge is 2.01. The normalized spacial score (nSPS) is 10.0. The van der Waals surface area contributed by atoms with Gasteiger partial charge < -0.3 is 10.4 Å². The van der Waals surface area contributed by atoms with Gasteiger partial charge >= 0.3 is 5.97 Å². The first-order valence-electron chi connectivity index (χ1n) is 5.44. The molecule has 0 saturated carbocycles. The fourth-order valence-corrected chi connectivity index (χ4v) is 1.38. The molecule has 0 atom stereocenters. The van der Waals surface area contributed by atoms with Crippen LogP contribution in [-0.4, -0.2) is 32.6 Å². The van der Waals surface area contributed by atoms with Crippen molar-refractivity contribution in [1.29, 1.82) is 0 Å². The quantitative estimate of drug-likeness (QED) is 0.827. The minimum absolute atomic E-state index is 0.0354. The second-order valence-electron chi connectivity index (χ2n) is 3.61. The SMILES string of the molecule is O=C(O)CCNc1ncc(-c2cccnc2)cn1. The Balaban J connectivity index is 2.00. The van der Waals surface area contributed by atoms with Gasteiger partial charge in [-0.15, -0.1) is 0 Å². The van der Waals surface area contributed by atoms with E-state index in [4.69, 9.17) is 5.11 Å². The second kappa shape index (κ2) is 5.72. The monoisotopic (exact) mass is 244 g/mol. The zero-order chi connectivity index (χ0) is 12.8. The van der Waals surface area contributed by atoms with Gasteiger partial charge in [0, 0.05) is 42.5 Å². The number of aromatic nitrogens is 3. The highest BCUT2D eigenvalue weighted by molar-refractivity contribution is 5.67. The average Bonchev–Trinajstić information content (AvgIpc) is 2.40. The van der Waals surface area contributed by atoms with Crippen LogP contribution in [0.1, 0.15) is 6.42 Å². The van der Waals surface area contributed by atoms with Gasteiger partial charge in [0.15, 0.2) is 0 Å². The van der Waals surface area contributed by atoms with Gasteiger partial charge in [-0.25, -0.2) is 9.97 Å². The van der Waals surface area contributed by atoms with Crippen molar-refractivity contribution in [3.63, 3.8) is 0 Å². The first kappa shape index (κ1) is 12.0. The molecule has 2 heterocycles. The number of nitrogens with zero attached hydrogens (tertiary/aromatic N) is 3. The van der Waals surface area contributed by atoms with Crippen LogP contribution in [0.25, 0.3) is 11.1 Å². The summed E-state index contributed by atoms with van der Waals surface area (Å²) in [7, 11) is 0. The van der Waals surface area contributed by atoms with Crippen molar-refractivity contribution in [2.24, 2.45) is 0 Å². The Kier molecular flexibility index (Phi) is 3.80. The molecule has 0 saturated heterocycles. The molecule has 0 aliphatic carbocycles. The van der Waals surface area contributed by atoms with Gasteiger partial charge in [-0.3, -0.25) is 9.78 Å². The molecule has 6 nitrogen and oxygen atoms in total. The molecule has 2 aromatic heterocycles. The molecule has 0 aliphatic heterocycles. The number of carbonyl (C=O) groups is 1. The molecule has 18 heavy (non-hydrogen) atoms. The van der Waals surface area contributed by atoms with Crippen LogP contribution in [0.4, 0.5) is 5.95 Å². The molecule has 0 aromatic carbocycles. The van der Waals surface area contributed by atoms with Crippen LogP contribution in [0.5, 0.6) is 0 Å². The van der Waals surface area contributed by atoms with E-state index in [2.05, 4.69) is 20.3 Å². The van der Waals surface area contributed by atoms with Crippen LogP contribution in [0.15, 0.2) is 36.9 Å². The Morgan fingerprint density at radius 1 is 1.22 bits per heavy atom. The number of nitrogens with one attached hydrogen (secondary N) is 1. The van der Waals surface area contributed by atoms with E-state index < -0.39 is 5.97 Å². The highest BCUT2D eigenvalue weighted by atomic mass is 16.4. The largest absolute Gasteiger partial charge is 0.481 e. The van der Waals surface area contributed by atoms with Gasteiger partial charge in [0.05, 0.1) is 6.42 Å². The maximum atomic E-state index is 10.3. The molecule has 2 aromatic rings. The van der Waals surface area contributed by atoms with Crippen molar-refractivity contribution >= 4 is 11.9 Å². The van der Waals surface area contributed by atoms with Crippen molar-refractivity contribution < 1.29 is 9.90 Å². The van der Waals surface area contributed by atoms with Crippen LogP contribution in [0.3, 0.4) is 0 Å². The molecule has 0 unspecified atom stereocenters. The summed E-state index contributed by atoms with van der Waals surface area (Å²) in [5, 5.41) is 11.3. The molecule has 0 amide bonds. The summed E-state index contributed by atoms with van der Waals surface area (Å²) < 4.78 is 0. The van der Waals surface area contributed by atoms with E-state index in [0.717, 1.165) is 11.1 Å². The Labute approximate surface area is 104 Å². The smallest absolute Gasteiger partial charge is 0.305 e. The maximum Gasteiger partial charge on any atom is 0.305 e. The van der Waals surface area contributed by atoms with Crippen LogP contribution in [0, 0.1) is 0 Å². The first-order chi connectivity index (χ1) is 8.75. The molecule has 0 fully saturated rings. The Morgan fingerprint density at radius 2 is 2.00 bits per heavy atom. The fraction of sp³-hybridized carbons (Fsp3) is 0.167. The number of aliphatic carboxylic acids is 1. The Bertz CT molecular complexity index is 513. The fourth-order valence-electron chi connectivity index (χ4n) is 1.38. The Morgan fingerprint density at radius 3 is 2.61 bits per heavy atom. The molecule has 0 radical (unpaired) electrons. The second-order valence-corrected chi connectivity index (χ2v) is 3.61. The van der Waals surface area contributed by atoms with Gasteiger partial charge in [-0.1, -0.05) is 6.07 Å². The third-order valence-corrected chi connectivity index (χ3v) is 2.27. The zero-order valence-corrected chi connectivity index (χ0v) is 9.58. The molecule has 6 heteroatoms. The van der Waals surface area contributed by atoms with E-state index >= 15 is 0 Å². The maximum absolute atomic E-state index is 10.3. The van der Waals surface area contributed by atoms with Crippen molar-refractivity contribution in [3.8, 4) is 11.1 Å². The lowest BCUT2D eigenvalue weighted by molar-refractivity contribution is -0.136. The highest BCUT2D eigenvalue weighted by Crippen LogP contribution is 2.15. The molecule has 0 aliphatic rings. The zero-order valence-electron chi connectivity index (χ0n) is 9.58. The molecule has 92 valence electrons. The lowest BCUT2D eigenvalue weighted by Gasteiger charge is -2.04. The number of carboxylic acids is 1. The van der Waals surface area contributed by atoms with Crippen molar-refractivity contribution in [1.82, 2.24) is 15.0 Å². The third kappa shape index (κ3) is 3.24. The van der Waals surface area contributed by atoms with Crippen molar-refractivity contribution in [2.75, 3.05) is 11.9 Å². The number of rotatable bonds is 5. The average molecular weight is 244 g/mol. The van der Waals surface area contributed by atoms with Crippen molar-refractivity contribution in [3.05, 3.63) is 36.9 Å².